The molecule has 1 aromatic carbocycles. The Balaban J connectivity index is 0.00000208. The fourth-order valence-corrected chi connectivity index (χ4v) is 3.66. The summed E-state index contributed by atoms with van der Waals surface area (Å²) < 4.78 is 18.7. The van der Waals surface area contributed by atoms with Crippen LogP contribution in [0.2, 0.25) is 0 Å². The molecule has 2 aliphatic heterocycles. The highest BCUT2D eigenvalue weighted by Crippen LogP contribution is 2.35. The number of ether oxygens (including phenoxy) is 1. The zero-order valence-electron chi connectivity index (χ0n) is 13.9. The van der Waals surface area contributed by atoms with Gasteiger partial charge in [0.1, 0.15) is 5.82 Å². The van der Waals surface area contributed by atoms with Crippen molar-refractivity contribution in [3.05, 3.63) is 35.6 Å². The number of halogens is 2. The molecule has 4 nitrogen and oxygen atoms in total. The van der Waals surface area contributed by atoms with E-state index in [1.54, 1.807) is 12.1 Å². The number of nitrogens with one attached hydrogen (secondary N) is 2. The van der Waals surface area contributed by atoms with Crippen molar-refractivity contribution in [1.82, 2.24) is 10.6 Å². The first-order valence-corrected chi connectivity index (χ1v) is 8.53. The normalized spacial score (nSPS) is 22.6. The van der Waals surface area contributed by atoms with Crippen molar-refractivity contribution in [3.63, 3.8) is 0 Å². The molecule has 134 valence electrons. The second-order valence-corrected chi connectivity index (χ2v) is 6.60. The van der Waals surface area contributed by atoms with E-state index in [0.29, 0.717) is 38.5 Å². The minimum atomic E-state index is -0.583. The molecular formula is C18H26ClFN2O2. The van der Waals surface area contributed by atoms with E-state index in [9.17, 15) is 9.18 Å². The molecule has 0 bridgehead atoms. The van der Waals surface area contributed by atoms with Gasteiger partial charge in [-0.05, 0) is 62.4 Å². The van der Waals surface area contributed by atoms with Gasteiger partial charge < -0.3 is 15.4 Å². The highest BCUT2D eigenvalue weighted by atomic mass is 35.5. The van der Waals surface area contributed by atoms with Gasteiger partial charge in [-0.15, -0.1) is 12.4 Å². The minimum absolute atomic E-state index is 0. The Hall–Kier alpha value is -1.17. The molecule has 1 unspecified atom stereocenters. The quantitative estimate of drug-likeness (QED) is 0.851. The fourth-order valence-electron chi connectivity index (χ4n) is 3.66. The number of carbonyl (C=O) groups is 1. The van der Waals surface area contributed by atoms with Crippen molar-refractivity contribution >= 4 is 18.3 Å². The Morgan fingerprint density at radius 3 is 2.62 bits per heavy atom. The topological polar surface area (TPSA) is 50.4 Å². The lowest BCUT2D eigenvalue weighted by molar-refractivity contribution is -0.130. The molecule has 1 aromatic rings. The molecule has 2 fully saturated rings. The first kappa shape index (κ1) is 19.2. The summed E-state index contributed by atoms with van der Waals surface area (Å²) in [4.78, 5) is 12.9. The second kappa shape index (κ2) is 8.79. The van der Waals surface area contributed by atoms with E-state index in [0.717, 1.165) is 25.1 Å². The van der Waals surface area contributed by atoms with Crippen LogP contribution in [0.25, 0.3) is 0 Å². The Morgan fingerprint density at radius 2 is 2.00 bits per heavy atom. The van der Waals surface area contributed by atoms with Gasteiger partial charge in [-0.25, -0.2) is 4.39 Å². The van der Waals surface area contributed by atoms with Crippen molar-refractivity contribution in [2.24, 2.45) is 5.92 Å². The average Bonchev–Trinajstić information content (AvgIpc) is 3.09. The number of hydrogen-bond donors (Lipinski definition) is 2. The third kappa shape index (κ3) is 4.26. The lowest BCUT2D eigenvalue weighted by Crippen LogP contribution is -2.48. The van der Waals surface area contributed by atoms with Crippen molar-refractivity contribution in [1.29, 1.82) is 0 Å². The van der Waals surface area contributed by atoms with Gasteiger partial charge in [-0.1, -0.05) is 12.1 Å². The molecule has 2 saturated heterocycles. The van der Waals surface area contributed by atoms with E-state index in [1.165, 1.54) is 18.6 Å². The number of rotatable bonds is 5. The molecule has 2 aliphatic rings. The lowest BCUT2D eigenvalue weighted by Gasteiger charge is -2.36. The largest absolute Gasteiger partial charge is 0.381 e. The maximum atomic E-state index is 13.2. The molecule has 1 atom stereocenters. The van der Waals surface area contributed by atoms with E-state index in [2.05, 4.69) is 10.6 Å². The summed E-state index contributed by atoms with van der Waals surface area (Å²) in [5.41, 5.74) is 0.308. The third-order valence-corrected chi connectivity index (χ3v) is 5.18. The van der Waals surface area contributed by atoms with Crippen LogP contribution < -0.4 is 10.6 Å². The summed E-state index contributed by atoms with van der Waals surface area (Å²) in [7, 11) is 0. The van der Waals surface area contributed by atoms with Crippen LogP contribution in [0.4, 0.5) is 4.39 Å². The van der Waals surface area contributed by atoms with Crippen LogP contribution in [0.3, 0.4) is 0 Å². The zero-order chi connectivity index (χ0) is 16.1. The number of hydrogen-bond acceptors (Lipinski definition) is 3. The number of benzene rings is 1. The average molecular weight is 357 g/mol. The van der Waals surface area contributed by atoms with Crippen molar-refractivity contribution < 1.29 is 13.9 Å². The van der Waals surface area contributed by atoms with E-state index in [4.69, 9.17) is 4.74 Å². The molecule has 2 heterocycles. The Kier molecular flexibility index (Phi) is 7.02. The van der Waals surface area contributed by atoms with Crippen LogP contribution in [0.1, 0.15) is 31.2 Å². The maximum absolute atomic E-state index is 13.2. The molecule has 0 aliphatic carbocycles. The summed E-state index contributed by atoms with van der Waals surface area (Å²) in [5.74, 6) is 0.440. The Bertz CT molecular complexity index is 526. The van der Waals surface area contributed by atoms with Gasteiger partial charge in [0, 0.05) is 19.8 Å². The first-order chi connectivity index (χ1) is 11.2. The van der Waals surface area contributed by atoms with Gasteiger partial charge in [0.05, 0.1) is 5.41 Å². The number of amides is 1. The molecule has 1 amide bonds. The zero-order valence-corrected chi connectivity index (χ0v) is 14.7. The Morgan fingerprint density at radius 1 is 1.29 bits per heavy atom. The summed E-state index contributed by atoms with van der Waals surface area (Å²) in [6, 6.07) is 6.34. The van der Waals surface area contributed by atoms with E-state index < -0.39 is 5.41 Å². The van der Waals surface area contributed by atoms with Crippen molar-refractivity contribution in [2.75, 3.05) is 32.8 Å². The molecule has 6 heteroatoms. The third-order valence-electron chi connectivity index (χ3n) is 5.18. The molecule has 3 rings (SSSR count). The van der Waals surface area contributed by atoms with Gasteiger partial charge >= 0.3 is 0 Å². The molecular weight excluding hydrogens is 331 g/mol. The molecule has 0 spiro atoms. The van der Waals surface area contributed by atoms with Crippen LogP contribution in [0.5, 0.6) is 0 Å². The highest BCUT2D eigenvalue weighted by Gasteiger charge is 2.41. The van der Waals surface area contributed by atoms with Gasteiger partial charge in [0.15, 0.2) is 0 Å². The van der Waals surface area contributed by atoms with Crippen LogP contribution in [0, 0.1) is 11.7 Å². The maximum Gasteiger partial charge on any atom is 0.230 e. The lowest BCUT2D eigenvalue weighted by atomic mass is 9.73. The molecule has 24 heavy (non-hydrogen) atoms. The van der Waals surface area contributed by atoms with Crippen LogP contribution in [-0.4, -0.2) is 38.8 Å². The van der Waals surface area contributed by atoms with Crippen molar-refractivity contribution in [3.8, 4) is 0 Å². The van der Waals surface area contributed by atoms with E-state index in [1.807, 2.05) is 0 Å². The summed E-state index contributed by atoms with van der Waals surface area (Å²) in [6.45, 7) is 3.96. The smallest absolute Gasteiger partial charge is 0.230 e. The van der Waals surface area contributed by atoms with Gasteiger partial charge in [-0.2, -0.15) is 0 Å². The molecule has 0 radical (unpaired) electrons. The Labute approximate surface area is 148 Å². The molecule has 0 saturated carbocycles. The number of carbonyl (C=O) groups excluding carboxylic acids is 1. The van der Waals surface area contributed by atoms with E-state index >= 15 is 0 Å². The summed E-state index contributed by atoms with van der Waals surface area (Å²) >= 11 is 0. The SMILES string of the molecule is Cl.O=C(NCCC1CCNC1)C1(c2ccc(F)cc2)CCOCC1. The minimum Gasteiger partial charge on any atom is -0.381 e. The standard InChI is InChI=1S/C18H25FN2O2.ClH/c19-16-3-1-15(2-4-16)18(7-11-23-12-8-18)17(22)21-10-6-14-5-9-20-13-14;/h1-4,14,20H,5-13H2,(H,21,22);1H. The summed E-state index contributed by atoms with van der Waals surface area (Å²) in [5, 5.41) is 6.46. The first-order valence-electron chi connectivity index (χ1n) is 8.53. The second-order valence-electron chi connectivity index (χ2n) is 6.60. The predicted octanol–water partition coefficient (Wildman–Crippen LogP) is 2.41. The monoisotopic (exact) mass is 356 g/mol. The predicted molar refractivity (Wildman–Crippen MR) is 94.0 cm³/mol. The van der Waals surface area contributed by atoms with Crippen LogP contribution in [-0.2, 0) is 14.9 Å². The highest BCUT2D eigenvalue weighted by molar-refractivity contribution is 5.88. The van der Waals surface area contributed by atoms with Gasteiger partial charge in [-0.3, -0.25) is 4.79 Å². The van der Waals surface area contributed by atoms with E-state index in [-0.39, 0.29) is 24.1 Å². The summed E-state index contributed by atoms with van der Waals surface area (Å²) in [6.07, 6.45) is 3.49. The van der Waals surface area contributed by atoms with Crippen LogP contribution in [0.15, 0.2) is 24.3 Å². The van der Waals surface area contributed by atoms with Crippen molar-refractivity contribution in [2.45, 2.75) is 31.1 Å². The van der Waals surface area contributed by atoms with Crippen LogP contribution >= 0.6 is 12.4 Å². The fraction of sp³-hybridized carbons (Fsp3) is 0.611. The molecule has 2 N–H and O–H groups in total. The van der Waals surface area contributed by atoms with Gasteiger partial charge in [0.2, 0.25) is 5.91 Å². The molecule has 0 aromatic heterocycles. The van der Waals surface area contributed by atoms with Gasteiger partial charge in [0.25, 0.3) is 0 Å².